The van der Waals surface area contributed by atoms with Crippen LogP contribution in [0.4, 0.5) is 0 Å². The molecule has 1 fully saturated rings. The number of imidazole rings is 1. The van der Waals surface area contributed by atoms with Crippen LogP contribution in [0.15, 0.2) is 43.0 Å². The van der Waals surface area contributed by atoms with Crippen molar-refractivity contribution >= 4 is 0 Å². The van der Waals surface area contributed by atoms with Gasteiger partial charge in [-0.2, -0.15) is 0 Å². The van der Waals surface area contributed by atoms with Gasteiger partial charge in [-0.25, -0.2) is 4.98 Å². The molecule has 0 N–H and O–H groups in total. The predicted octanol–water partition coefficient (Wildman–Crippen LogP) is 3.48. The summed E-state index contributed by atoms with van der Waals surface area (Å²) < 4.78 is 4.35. The van der Waals surface area contributed by atoms with E-state index in [0.717, 1.165) is 63.6 Å². The Labute approximate surface area is 167 Å². The van der Waals surface area contributed by atoms with E-state index in [1.807, 2.05) is 17.1 Å². The molecule has 6 nitrogen and oxygen atoms in total. The number of hydrogen-bond acceptors (Lipinski definition) is 4. The van der Waals surface area contributed by atoms with Gasteiger partial charge in [-0.1, -0.05) is 31.2 Å². The van der Waals surface area contributed by atoms with E-state index in [9.17, 15) is 0 Å². The second-order valence-corrected chi connectivity index (χ2v) is 7.63. The van der Waals surface area contributed by atoms with Gasteiger partial charge in [0.1, 0.15) is 5.82 Å². The van der Waals surface area contributed by atoms with Gasteiger partial charge in [0.2, 0.25) is 0 Å². The second-order valence-electron chi connectivity index (χ2n) is 7.63. The Morgan fingerprint density at radius 2 is 1.79 bits per heavy atom. The van der Waals surface area contributed by atoms with Crippen LogP contribution in [-0.2, 0) is 26.1 Å². The highest BCUT2D eigenvalue weighted by atomic mass is 15.3. The predicted molar refractivity (Wildman–Crippen MR) is 110 cm³/mol. The van der Waals surface area contributed by atoms with E-state index in [1.54, 1.807) is 6.20 Å². The zero-order chi connectivity index (χ0) is 19.3. The van der Waals surface area contributed by atoms with Gasteiger partial charge in [0, 0.05) is 31.4 Å². The van der Waals surface area contributed by atoms with E-state index in [4.69, 9.17) is 0 Å². The van der Waals surface area contributed by atoms with Crippen LogP contribution in [0.25, 0.3) is 0 Å². The van der Waals surface area contributed by atoms with E-state index in [0.29, 0.717) is 5.92 Å². The summed E-state index contributed by atoms with van der Waals surface area (Å²) in [6.45, 7) is 9.37. The van der Waals surface area contributed by atoms with E-state index >= 15 is 0 Å². The number of hydrogen-bond donors (Lipinski definition) is 0. The lowest BCUT2D eigenvalue weighted by Crippen LogP contribution is -2.33. The lowest BCUT2D eigenvalue weighted by molar-refractivity contribution is 0.199. The number of nitrogens with zero attached hydrogens (tertiary/aromatic N) is 6. The first-order valence-corrected chi connectivity index (χ1v) is 10.4. The van der Waals surface area contributed by atoms with Crippen molar-refractivity contribution in [1.82, 2.24) is 29.2 Å². The standard InChI is InChI=1S/C22H30N6/c1-3-18-7-5-6-8-20(18)15-26-12-9-19(10-13-26)22-25-24-21(28(22)4-2)16-27-14-11-23-17-27/h5-8,11,14,17,19H,3-4,9-10,12-13,15-16H2,1-2H3. The zero-order valence-electron chi connectivity index (χ0n) is 17.0. The third-order valence-electron chi connectivity index (χ3n) is 5.90. The molecule has 3 heterocycles. The summed E-state index contributed by atoms with van der Waals surface area (Å²) >= 11 is 0. The molecule has 0 amide bonds. The third kappa shape index (κ3) is 4.02. The lowest BCUT2D eigenvalue weighted by Gasteiger charge is -2.32. The van der Waals surface area contributed by atoms with E-state index < -0.39 is 0 Å². The molecule has 0 bridgehead atoms. The van der Waals surface area contributed by atoms with Gasteiger partial charge in [0.15, 0.2) is 5.82 Å². The quantitative estimate of drug-likeness (QED) is 0.632. The lowest BCUT2D eigenvalue weighted by atomic mass is 9.95. The van der Waals surface area contributed by atoms with E-state index in [1.165, 1.54) is 11.1 Å². The average molecular weight is 379 g/mol. The van der Waals surface area contributed by atoms with Crippen LogP contribution in [0, 0.1) is 0 Å². The summed E-state index contributed by atoms with van der Waals surface area (Å²) in [7, 11) is 0. The van der Waals surface area contributed by atoms with Crippen molar-refractivity contribution in [2.75, 3.05) is 13.1 Å². The molecule has 0 unspecified atom stereocenters. The number of likely N-dealkylation sites (tertiary alicyclic amines) is 1. The molecule has 0 radical (unpaired) electrons. The minimum Gasteiger partial charge on any atom is -0.330 e. The van der Waals surface area contributed by atoms with E-state index in [-0.39, 0.29) is 0 Å². The maximum absolute atomic E-state index is 4.59. The molecule has 148 valence electrons. The first-order valence-electron chi connectivity index (χ1n) is 10.4. The highest BCUT2D eigenvalue weighted by Crippen LogP contribution is 2.28. The van der Waals surface area contributed by atoms with Gasteiger partial charge >= 0.3 is 0 Å². The van der Waals surface area contributed by atoms with Crippen LogP contribution in [-0.4, -0.2) is 42.3 Å². The van der Waals surface area contributed by atoms with Gasteiger partial charge in [-0.05, 0) is 50.4 Å². The van der Waals surface area contributed by atoms with Gasteiger partial charge in [0.05, 0.1) is 12.9 Å². The summed E-state index contributed by atoms with van der Waals surface area (Å²) in [6.07, 6.45) is 9.02. The average Bonchev–Trinajstić information content (AvgIpc) is 3.39. The van der Waals surface area contributed by atoms with Crippen LogP contribution in [0.5, 0.6) is 0 Å². The molecule has 1 aromatic carbocycles. The molecular weight excluding hydrogens is 348 g/mol. The van der Waals surface area contributed by atoms with Crippen LogP contribution >= 0.6 is 0 Å². The summed E-state index contributed by atoms with van der Waals surface area (Å²) in [6, 6.07) is 8.84. The molecule has 6 heteroatoms. The second kappa shape index (κ2) is 8.69. The van der Waals surface area contributed by atoms with Crippen LogP contribution in [0.3, 0.4) is 0 Å². The molecule has 1 saturated heterocycles. The van der Waals surface area contributed by atoms with Gasteiger partial charge in [0.25, 0.3) is 0 Å². The number of piperidine rings is 1. The Morgan fingerprint density at radius 1 is 1.00 bits per heavy atom. The smallest absolute Gasteiger partial charge is 0.153 e. The van der Waals surface area contributed by atoms with Crippen molar-refractivity contribution in [2.45, 2.75) is 58.7 Å². The normalized spacial score (nSPS) is 15.9. The van der Waals surface area contributed by atoms with Crippen LogP contribution < -0.4 is 0 Å². The van der Waals surface area contributed by atoms with Gasteiger partial charge in [-0.3, -0.25) is 4.90 Å². The highest BCUT2D eigenvalue weighted by Gasteiger charge is 2.26. The van der Waals surface area contributed by atoms with E-state index in [2.05, 4.69) is 62.8 Å². The number of rotatable bonds is 7. The number of benzene rings is 1. The minimum atomic E-state index is 0.502. The summed E-state index contributed by atoms with van der Waals surface area (Å²) in [5, 5.41) is 9.09. The molecule has 0 aliphatic carbocycles. The molecule has 0 saturated carbocycles. The molecular formula is C22H30N6. The topological polar surface area (TPSA) is 51.8 Å². The zero-order valence-corrected chi connectivity index (χ0v) is 17.0. The SMILES string of the molecule is CCc1ccccc1CN1CCC(c2nnc(Cn3ccnc3)n2CC)CC1. The number of aromatic nitrogens is 5. The minimum absolute atomic E-state index is 0.502. The monoisotopic (exact) mass is 378 g/mol. The maximum atomic E-state index is 4.59. The van der Waals surface area contributed by atoms with Crippen LogP contribution in [0.1, 0.15) is 55.4 Å². The Kier molecular flexibility index (Phi) is 5.86. The van der Waals surface area contributed by atoms with Crippen molar-refractivity contribution in [1.29, 1.82) is 0 Å². The highest BCUT2D eigenvalue weighted by molar-refractivity contribution is 5.27. The Morgan fingerprint density at radius 3 is 2.46 bits per heavy atom. The summed E-state index contributed by atoms with van der Waals surface area (Å²) in [4.78, 5) is 6.71. The fraction of sp³-hybridized carbons (Fsp3) is 0.500. The van der Waals surface area contributed by atoms with Crippen molar-refractivity contribution < 1.29 is 0 Å². The van der Waals surface area contributed by atoms with Gasteiger partial charge in [-0.15, -0.1) is 10.2 Å². The Balaban J connectivity index is 1.40. The van der Waals surface area contributed by atoms with Crippen molar-refractivity contribution in [3.8, 4) is 0 Å². The Bertz CT molecular complexity index is 874. The molecule has 4 rings (SSSR count). The molecule has 0 atom stereocenters. The van der Waals surface area contributed by atoms with Crippen molar-refractivity contribution in [3.05, 3.63) is 65.8 Å². The molecule has 0 spiro atoms. The molecule has 1 aliphatic heterocycles. The first kappa shape index (κ1) is 18.9. The van der Waals surface area contributed by atoms with Crippen molar-refractivity contribution in [2.24, 2.45) is 0 Å². The molecule has 2 aromatic heterocycles. The van der Waals surface area contributed by atoms with Crippen molar-refractivity contribution in [3.63, 3.8) is 0 Å². The molecule has 1 aliphatic rings. The summed E-state index contributed by atoms with van der Waals surface area (Å²) in [5.74, 6) is 2.68. The molecule has 3 aromatic rings. The summed E-state index contributed by atoms with van der Waals surface area (Å²) in [5.41, 5.74) is 2.95. The fourth-order valence-corrected chi connectivity index (χ4v) is 4.30. The maximum Gasteiger partial charge on any atom is 0.153 e. The largest absolute Gasteiger partial charge is 0.330 e. The van der Waals surface area contributed by atoms with Gasteiger partial charge < -0.3 is 9.13 Å². The van der Waals surface area contributed by atoms with Crippen LogP contribution in [0.2, 0.25) is 0 Å². The number of aryl methyl sites for hydroxylation is 1. The molecule has 28 heavy (non-hydrogen) atoms. The Hall–Kier alpha value is -2.47. The first-order chi connectivity index (χ1) is 13.8. The third-order valence-corrected chi connectivity index (χ3v) is 5.90. The fourth-order valence-electron chi connectivity index (χ4n) is 4.30.